The molecule has 10 atom stereocenters. The average molecular weight is 538 g/mol. The van der Waals surface area contributed by atoms with Crippen LogP contribution >= 0.6 is 0 Å². The van der Waals surface area contributed by atoms with Crippen LogP contribution in [0.3, 0.4) is 0 Å². The number of nitrogens with zero attached hydrogens (tertiary/aromatic N) is 1. The van der Waals surface area contributed by atoms with Crippen LogP contribution in [0.4, 0.5) is 4.79 Å². The Morgan fingerprint density at radius 1 is 1.08 bits per heavy atom. The van der Waals surface area contributed by atoms with E-state index in [2.05, 4.69) is 6.92 Å². The summed E-state index contributed by atoms with van der Waals surface area (Å²) in [7, 11) is -3.89. The number of esters is 1. The first-order chi connectivity index (χ1) is 17.0. The zero-order chi connectivity index (χ0) is 26.9. The summed E-state index contributed by atoms with van der Waals surface area (Å²) in [6.45, 7) is 9.66. The molecule has 0 N–H and O–H groups in total. The number of fused-ring (bicyclic) bond motifs is 1. The van der Waals surface area contributed by atoms with E-state index in [1.807, 2.05) is 25.7 Å². The first-order valence-electron chi connectivity index (χ1n) is 13.6. The van der Waals surface area contributed by atoms with E-state index in [0.717, 1.165) is 25.5 Å². The summed E-state index contributed by atoms with van der Waals surface area (Å²) in [6, 6.07) is -0.337. The van der Waals surface area contributed by atoms with Crippen LogP contribution in [0.1, 0.15) is 73.1 Å². The van der Waals surface area contributed by atoms with Gasteiger partial charge in [0.2, 0.25) is 0 Å². The number of piperidine rings is 1. The molecule has 0 aromatic carbocycles. The summed E-state index contributed by atoms with van der Waals surface area (Å²) in [5.74, 6) is -1.16. The van der Waals surface area contributed by atoms with Gasteiger partial charge in [-0.3, -0.25) is 13.8 Å². The quantitative estimate of drug-likeness (QED) is 0.398. The normalized spacial score (nSPS) is 47.6. The van der Waals surface area contributed by atoms with Crippen LogP contribution in [0.15, 0.2) is 0 Å². The summed E-state index contributed by atoms with van der Waals surface area (Å²) >= 11 is 0. The Hall–Kier alpha value is -1.68. The number of Topliss-reactive ketones (excluding diaryl/α,β-unsaturated/α-hetero) is 1. The second-order valence-electron chi connectivity index (χ2n) is 14.0. The predicted octanol–water partition coefficient (Wildman–Crippen LogP) is 3.30. The van der Waals surface area contributed by atoms with Crippen molar-refractivity contribution in [3.63, 3.8) is 0 Å². The van der Waals surface area contributed by atoms with E-state index in [9.17, 15) is 22.8 Å². The van der Waals surface area contributed by atoms with E-state index in [1.54, 1.807) is 0 Å². The van der Waals surface area contributed by atoms with Gasteiger partial charge in [-0.15, -0.1) is 0 Å². The number of carbonyl (C=O) groups is 3. The second-order valence-corrected chi connectivity index (χ2v) is 15.6. The van der Waals surface area contributed by atoms with Crippen molar-refractivity contribution in [1.82, 2.24) is 4.90 Å². The lowest BCUT2D eigenvalue weighted by Gasteiger charge is -2.67. The van der Waals surface area contributed by atoms with Crippen LogP contribution in [0, 0.1) is 39.9 Å². The molecule has 0 radical (unpaired) electrons. The summed E-state index contributed by atoms with van der Waals surface area (Å²) in [5.41, 5.74) is -1.94. The maximum Gasteiger partial charge on any atom is 0.410 e. The summed E-state index contributed by atoms with van der Waals surface area (Å²) in [6.07, 6.45) is 3.46. The van der Waals surface area contributed by atoms with Crippen LogP contribution in [0.2, 0.25) is 0 Å². The van der Waals surface area contributed by atoms with Gasteiger partial charge in [-0.2, -0.15) is 8.42 Å². The monoisotopic (exact) mass is 537 g/mol. The van der Waals surface area contributed by atoms with Crippen molar-refractivity contribution in [3.05, 3.63) is 0 Å². The molecule has 37 heavy (non-hydrogen) atoms. The molecule has 10 heteroatoms. The predicted molar refractivity (Wildman–Crippen MR) is 132 cm³/mol. The maximum absolute atomic E-state index is 13.9. The molecule has 6 bridgehead atoms. The summed E-state index contributed by atoms with van der Waals surface area (Å²) < 4.78 is 42.8. The lowest BCUT2D eigenvalue weighted by atomic mass is 9.39. The van der Waals surface area contributed by atoms with Gasteiger partial charge in [-0.1, -0.05) is 13.3 Å². The molecule has 1 saturated heterocycles. The molecule has 1 heterocycles. The molecule has 9 nitrogen and oxygen atoms in total. The fraction of sp³-hybridized carbons (Fsp3) is 0.889. The number of amides is 1. The first-order valence-corrected chi connectivity index (χ1v) is 15.4. The fourth-order valence-corrected chi connectivity index (χ4v) is 11.2. The smallest absolute Gasteiger partial charge is 0.410 e. The van der Waals surface area contributed by atoms with Gasteiger partial charge in [0.05, 0.1) is 12.4 Å². The number of ketones is 1. The topological polar surface area (TPSA) is 116 Å². The van der Waals surface area contributed by atoms with Crippen LogP contribution in [-0.4, -0.2) is 67.8 Å². The molecule has 1 aliphatic heterocycles. The molecule has 206 valence electrons. The van der Waals surface area contributed by atoms with Gasteiger partial charge in [0, 0.05) is 43.2 Å². The first kappa shape index (κ1) is 25.6. The van der Waals surface area contributed by atoms with E-state index >= 15 is 0 Å². The molecule has 0 aromatic rings. The largest absolute Gasteiger partial charge is 0.462 e. The van der Waals surface area contributed by atoms with Crippen molar-refractivity contribution < 1.29 is 36.5 Å². The fourth-order valence-electron chi connectivity index (χ4n) is 10.5. The molecule has 1 amide bonds. The van der Waals surface area contributed by atoms with Crippen molar-refractivity contribution in [1.29, 1.82) is 0 Å². The number of ether oxygens (including phenoxy) is 2. The van der Waals surface area contributed by atoms with Gasteiger partial charge in [0.25, 0.3) is 10.1 Å². The third-order valence-corrected chi connectivity index (χ3v) is 11.5. The summed E-state index contributed by atoms with van der Waals surface area (Å²) in [4.78, 5) is 41.6. The minimum Gasteiger partial charge on any atom is -0.462 e. The molecule has 2 spiro atoms. The highest BCUT2D eigenvalue weighted by molar-refractivity contribution is 7.86. The van der Waals surface area contributed by atoms with E-state index in [0.29, 0.717) is 19.4 Å². The number of carbonyl (C=O) groups excluding carboxylic acids is 3. The molecule has 7 rings (SSSR count). The van der Waals surface area contributed by atoms with Gasteiger partial charge in [-0.25, -0.2) is 4.79 Å². The molecule has 6 aliphatic carbocycles. The van der Waals surface area contributed by atoms with Crippen LogP contribution in [0.25, 0.3) is 0 Å². The lowest BCUT2D eigenvalue weighted by molar-refractivity contribution is -0.230. The number of rotatable bonds is 3. The number of hydrogen-bond acceptors (Lipinski definition) is 8. The van der Waals surface area contributed by atoms with Crippen LogP contribution in [-0.2, 0) is 33.4 Å². The van der Waals surface area contributed by atoms with Gasteiger partial charge >= 0.3 is 12.1 Å². The zero-order valence-corrected chi connectivity index (χ0v) is 23.4. The van der Waals surface area contributed by atoms with E-state index in [-0.39, 0.29) is 40.9 Å². The molecule has 0 aromatic heterocycles. The molecule has 9 unspecified atom stereocenters. The summed E-state index contributed by atoms with van der Waals surface area (Å²) in [5, 5.41) is 0. The third kappa shape index (κ3) is 3.29. The van der Waals surface area contributed by atoms with Gasteiger partial charge < -0.3 is 14.4 Å². The third-order valence-electron chi connectivity index (χ3n) is 10.9. The number of hydrogen-bond donors (Lipinski definition) is 0. The van der Waals surface area contributed by atoms with E-state index in [4.69, 9.17) is 13.7 Å². The highest BCUT2D eigenvalue weighted by Gasteiger charge is 2.86. The van der Waals surface area contributed by atoms with Gasteiger partial charge in [-0.05, 0) is 69.1 Å². The van der Waals surface area contributed by atoms with Crippen LogP contribution in [0.5, 0.6) is 0 Å². The SMILES string of the molecule is CC(=O)OC1CC2C3(C)CCCC24C(C2[C@H](OS(C)(=O)=O)C5CC4C12CC5=O)N(C(=O)OC(C)(C)C)C3. The Labute approximate surface area is 219 Å². The molecule has 7 aliphatic rings. The Kier molecular flexibility index (Phi) is 5.18. The van der Waals surface area contributed by atoms with Crippen molar-refractivity contribution in [2.45, 2.75) is 97.0 Å². The molecule has 6 saturated carbocycles. The maximum atomic E-state index is 13.9. The number of likely N-dealkylation sites (tertiary alicyclic amines) is 1. The highest BCUT2D eigenvalue weighted by Crippen LogP contribution is 2.82. The highest BCUT2D eigenvalue weighted by atomic mass is 32.2. The van der Waals surface area contributed by atoms with E-state index < -0.39 is 57.2 Å². The minimum atomic E-state index is -3.89. The van der Waals surface area contributed by atoms with Crippen molar-refractivity contribution in [3.8, 4) is 0 Å². The molecular formula is C27H39NO8S. The van der Waals surface area contributed by atoms with Crippen molar-refractivity contribution >= 4 is 28.0 Å². The Morgan fingerprint density at radius 3 is 2.41 bits per heavy atom. The van der Waals surface area contributed by atoms with Crippen molar-refractivity contribution in [2.24, 2.45) is 39.9 Å². The Morgan fingerprint density at radius 2 is 1.78 bits per heavy atom. The standard InChI is InChI=1S/C27H39NO8S/c1-14(29)34-19-11-17-25(5)8-7-9-26(17)18-10-15-16(30)12-27(18,19)20(21(15)36-37(6,32)33)22(26)28(13-25)23(31)35-24(2,3)4/h15,17-22H,7-13H2,1-6H3/t15?,17?,18?,19?,20?,21-,22?,25?,26?,27?/m1/s1. The minimum absolute atomic E-state index is 0.0193. The van der Waals surface area contributed by atoms with Crippen LogP contribution < -0.4 is 0 Å². The van der Waals surface area contributed by atoms with Gasteiger partial charge in [0.15, 0.2) is 0 Å². The van der Waals surface area contributed by atoms with Crippen molar-refractivity contribution in [2.75, 3.05) is 12.8 Å². The zero-order valence-electron chi connectivity index (χ0n) is 22.6. The Balaban J connectivity index is 1.59. The Bertz CT molecular complexity index is 1180. The lowest BCUT2D eigenvalue weighted by Crippen LogP contribution is -2.69. The van der Waals surface area contributed by atoms with Gasteiger partial charge in [0.1, 0.15) is 17.5 Å². The second kappa shape index (κ2) is 7.49. The van der Waals surface area contributed by atoms with E-state index in [1.165, 1.54) is 6.92 Å². The average Bonchev–Trinajstić information content (AvgIpc) is 2.83. The molecular weight excluding hydrogens is 498 g/mol. The molecule has 7 fully saturated rings.